The number of amides is 1. The lowest BCUT2D eigenvalue weighted by Crippen LogP contribution is -2.14. The highest BCUT2D eigenvalue weighted by Crippen LogP contribution is 2.27. The number of H-pyrrole nitrogens is 1. The Morgan fingerprint density at radius 3 is 2.59 bits per heavy atom. The number of rotatable bonds is 5. The Hall–Kier alpha value is -2.10. The van der Waals surface area contributed by atoms with Crippen LogP contribution < -0.4 is 5.32 Å². The fraction of sp³-hybridized carbons (Fsp3) is 0.444. The molecule has 0 radical (unpaired) electrons. The molecular formula is C18H23N3O. The SMILES string of the molecule is O=C(CCC1CCCCC1)Nc1ccc(-c2ccn[nH]2)cc1. The van der Waals surface area contributed by atoms with E-state index < -0.39 is 0 Å². The second-order valence-electron chi connectivity index (χ2n) is 6.14. The molecule has 4 nitrogen and oxygen atoms in total. The van der Waals surface area contributed by atoms with E-state index in [0.717, 1.165) is 29.3 Å². The zero-order valence-corrected chi connectivity index (χ0v) is 12.8. The molecule has 1 fully saturated rings. The van der Waals surface area contributed by atoms with Gasteiger partial charge in [0.2, 0.25) is 5.91 Å². The van der Waals surface area contributed by atoms with Crippen LogP contribution in [-0.4, -0.2) is 16.1 Å². The number of benzene rings is 1. The highest BCUT2D eigenvalue weighted by molar-refractivity contribution is 5.90. The molecular weight excluding hydrogens is 274 g/mol. The number of anilines is 1. The molecule has 2 N–H and O–H groups in total. The summed E-state index contributed by atoms with van der Waals surface area (Å²) in [7, 11) is 0. The van der Waals surface area contributed by atoms with Crippen molar-refractivity contribution in [1.82, 2.24) is 10.2 Å². The van der Waals surface area contributed by atoms with Gasteiger partial charge in [-0.1, -0.05) is 44.2 Å². The highest BCUT2D eigenvalue weighted by atomic mass is 16.1. The van der Waals surface area contributed by atoms with Crippen molar-refractivity contribution in [2.45, 2.75) is 44.9 Å². The summed E-state index contributed by atoms with van der Waals surface area (Å²) in [5.74, 6) is 0.877. The Morgan fingerprint density at radius 2 is 1.91 bits per heavy atom. The van der Waals surface area contributed by atoms with Crippen LogP contribution in [0, 0.1) is 5.92 Å². The molecule has 0 aliphatic heterocycles. The van der Waals surface area contributed by atoms with Gasteiger partial charge in [0.1, 0.15) is 0 Å². The molecule has 22 heavy (non-hydrogen) atoms. The molecule has 0 saturated heterocycles. The molecule has 0 atom stereocenters. The zero-order chi connectivity index (χ0) is 15.2. The Kier molecular flexibility index (Phi) is 4.88. The second kappa shape index (κ2) is 7.25. The van der Waals surface area contributed by atoms with E-state index in [1.807, 2.05) is 30.3 Å². The first-order chi connectivity index (χ1) is 10.8. The number of carbonyl (C=O) groups is 1. The molecule has 1 aromatic carbocycles. The Bertz CT molecular complexity index is 583. The van der Waals surface area contributed by atoms with Gasteiger partial charge in [-0.25, -0.2) is 0 Å². The van der Waals surface area contributed by atoms with Crippen LogP contribution in [0.1, 0.15) is 44.9 Å². The van der Waals surface area contributed by atoms with E-state index in [9.17, 15) is 4.79 Å². The van der Waals surface area contributed by atoms with Crippen molar-refractivity contribution in [3.05, 3.63) is 36.5 Å². The topological polar surface area (TPSA) is 57.8 Å². The standard InChI is InChI=1S/C18H23N3O/c22-18(11-6-14-4-2-1-3-5-14)20-16-9-7-15(8-10-16)17-12-13-19-21-17/h7-10,12-14H,1-6,11H2,(H,19,21)(H,20,22). The number of carbonyl (C=O) groups excluding carboxylic acids is 1. The first-order valence-corrected chi connectivity index (χ1v) is 8.21. The average Bonchev–Trinajstić information content (AvgIpc) is 3.09. The summed E-state index contributed by atoms with van der Waals surface area (Å²) < 4.78 is 0. The maximum absolute atomic E-state index is 12.0. The third kappa shape index (κ3) is 3.97. The predicted molar refractivity (Wildman–Crippen MR) is 88.5 cm³/mol. The molecule has 1 amide bonds. The van der Waals surface area contributed by atoms with E-state index in [4.69, 9.17) is 0 Å². The Morgan fingerprint density at radius 1 is 1.14 bits per heavy atom. The highest BCUT2D eigenvalue weighted by Gasteiger charge is 2.14. The van der Waals surface area contributed by atoms with Crippen LogP contribution >= 0.6 is 0 Å². The summed E-state index contributed by atoms with van der Waals surface area (Å²) in [5, 5.41) is 9.87. The summed E-state index contributed by atoms with van der Waals surface area (Å²) in [6, 6.07) is 9.79. The number of hydrogen-bond donors (Lipinski definition) is 2. The maximum Gasteiger partial charge on any atom is 0.224 e. The van der Waals surface area contributed by atoms with Gasteiger partial charge in [0.15, 0.2) is 0 Å². The van der Waals surface area contributed by atoms with Gasteiger partial charge in [-0.3, -0.25) is 9.89 Å². The largest absolute Gasteiger partial charge is 0.326 e. The van der Waals surface area contributed by atoms with Gasteiger partial charge >= 0.3 is 0 Å². The van der Waals surface area contributed by atoms with Gasteiger partial charge in [-0.05, 0) is 36.1 Å². The molecule has 1 saturated carbocycles. The number of hydrogen-bond acceptors (Lipinski definition) is 2. The molecule has 1 aliphatic carbocycles. The Balaban J connectivity index is 1.48. The first-order valence-electron chi connectivity index (χ1n) is 8.21. The van der Waals surface area contributed by atoms with Crippen LogP contribution in [0.2, 0.25) is 0 Å². The zero-order valence-electron chi connectivity index (χ0n) is 12.8. The van der Waals surface area contributed by atoms with Crippen LogP contribution in [0.5, 0.6) is 0 Å². The lowest BCUT2D eigenvalue weighted by atomic mass is 9.86. The molecule has 116 valence electrons. The molecule has 0 spiro atoms. The minimum Gasteiger partial charge on any atom is -0.326 e. The molecule has 1 aromatic heterocycles. The second-order valence-corrected chi connectivity index (χ2v) is 6.14. The first kappa shape index (κ1) is 14.8. The van der Waals surface area contributed by atoms with E-state index in [1.54, 1.807) is 6.20 Å². The van der Waals surface area contributed by atoms with Crippen molar-refractivity contribution < 1.29 is 4.79 Å². The Labute approximate surface area is 131 Å². The normalized spacial score (nSPS) is 15.6. The lowest BCUT2D eigenvalue weighted by molar-refractivity contribution is -0.116. The van der Waals surface area contributed by atoms with Gasteiger partial charge < -0.3 is 5.32 Å². The van der Waals surface area contributed by atoms with Crippen molar-refractivity contribution >= 4 is 11.6 Å². The van der Waals surface area contributed by atoms with Gasteiger partial charge in [0.25, 0.3) is 0 Å². The summed E-state index contributed by atoms with van der Waals surface area (Å²) in [6.45, 7) is 0. The molecule has 1 aliphatic rings. The van der Waals surface area contributed by atoms with Crippen LogP contribution in [0.15, 0.2) is 36.5 Å². The molecule has 0 bridgehead atoms. The van der Waals surface area contributed by atoms with Crippen molar-refractivity contribution in [3.63, 3.8) is 0 Å². The minimum atomic E-state index is 0.125. The smallest absolute Gasteiger partial charge is 0.224 e. The van der Waals surface area contributed by atoms with E-state index >= 15 is 0 Å². The number of nitrogens with zero attached hydrogens (tertiary/aromatic N) is 1. The van der Waals surface area contributed by atoms with E-state index in [1.165, 1.54) is 32.1 Å². The third-order valence-corrected chi connectivity index (χ3v) is 4.48. The fourth-order valence-electron chi connectivity index (χ4n) is 3.18. The van der Waals surface area contributed by atoms with Crippen LogP contribution in [0.4, 0.5) is 5.69 Å². The summed E-state index contributed by atoms with van der Waals surface area (Å²) >= 11 is 0. The van der Waals surface area contributed by atoms with E-state index in [0.29, 0.717) is 6.42 Å². The average molecular weight is 297 g/mol. The van der Waals surface area contributed by atoms with Crippen molar-refractivity contribution in [1.29, 1.82) is 0 Å². The molecule has 3 rings (SSSR count). The molecule has 4 heteroatoms. The predicted octanol–water partition coefficient (Wildman–Crippen LogP) is 4.38. The van der Waals surface area contributed by atoms with Crippen molar-refractivity contribution in [2.24, 2.45) is 5.92 Å². The summed E-state index contributed by atoms with van der Waals surface area (Å²) in [5.41, 5.74) is 2.91. The van der Waals surface area contributed by atoms with Crippen molar-refractivity contribution in [3.8, 4) is 11.3 Å². The van der Waals surface area contributed by atoms with Crippen LogP contribution in [0.3, 0.4) is 0 Å². The van der Waals surface area contributed by atoms with Crippen LogP contribution in [-0.2, 0) is 4.79 Å². The monoisotopic (exact) mass is 297 g/mol. The third-order valence-electron chi connectivity index (χ3n) is 4.48. The van der Waals surface area contributed by atoms with Crippen LogP contribution in [0.25, 0.3) is 11.3 Å². The van der Waals surface area contributed by atoms with Gasteiger partial charge in [0.05, 0.1) is 5.69 Å². The van der Waals surface area contributed by atoms with Gasteiger partial charge in [0, 0.05) is 18.3 Å². The fourth-order valence-corrected chi connectivity index (χ4v) is 3.18. The van der Waals surface area contributed by atoms with Crippen molar-refractivity contribution in [2.75, 3.05) is 5.32 Å². The lowest BCUT2D eigenvalue weighted by Gasteiger charge is -2.21. The maximum atomic E-state index is 12.0. The number of nitrogens with one attached hydrogen (secondary N) is 2. The molecule has 2 aromatic rings. The van der Waals surface area contributed by atoms with E-state index in [-0.39, 0.29) is 5.91 Å². The van der Waals surface area contributed by atoms with E-state index in [2.05, 4.69) is 15.5 Å². The minimum absolute atomic E-state index is 0.125. The number of aromatic amines is 1. The number of aromatic nitrogens is 2. The summed E-state index contributed by atoms with van der Waals surface area (Å²) in [6.07, 6.45) is 10.0. The quantitative estimate of drug-likeness (QED) is 0.860. The molecule has 0 unspecified atom stereocenters. The van der Waals surface area contributed by atoms with Gasteiger partial charge in [-0.2, -0.15) is 5.10 Å². The molecule has 1 heterocycles. The summed E-state index contributed by atoms with van der Waals surface area (Å²) in [4.78, 5) is 12.0. The van der Waals surface area contributed by atoms with Gasteiger partial charge in [-0.15, -0.1) is 0 Å².